The van der Waals surface area contributed by atoms with Gasteiger partial charge in [-0.25, -0.2) is 0 Å². The molecule has 90 valence electrons. The molecule has 1 fully saturated rings. The molecule has 1 aliphatic rings. The third-order valence-corrected chi connectivity index (χ3v) is 3.59. The van der Waals surface area contributed by atoms with E-state index in [4.69, 9.17) is 9.47 Å². The molecule has 0 radical (unpaired) electrons. The van der Waals surface area contributed by atoms with Crippen LogP contribution in [0.2, 0.25) is 0 Å². The zero-order valence-electron chi connectivity index (χ0n) is 10.6. The van der Waals surface area contributed by atoms with Crippen LogP contribution < -0.4 is 5.32 Å². The minimum absolute atomic E-state index is 0.182. The van der Waals surface area contributed by atoms with Crippen LogP contribution in [0.25, 0.3) is 0 Å². The van der Waals surface area contributed by atoms with Crippen LogP contribution in [-0.2, 0) is 9.47 Å². The van der Waals surface area contributed by atoms with Crippen molar-refractivity contribution >= 4 is 0 Å². The fourth-order valence-electron chi connectivity index (χ4n) is 2.43. The molecule has 15 heavy (non-hydrogen) atoms. The summed E-state index contributed by atoms with van der Waals surface area (Å²) in [5, 5.41) is 3.40. The molecule has 1 saturated heterocycles. The molecule has 5 unspecified atom stereocenters. The molecule has 3 heteroatoms. The summed E-state index contributed by atoms with van der Waals surface area (Å²) in [7, 11) is 1.79. The van der Waals surface area contributed by atoms with Gasteiger partial charge in [0.15, 0.2) is 0 Å². The fourth-order valence-corrected chi connectivity index (χ4v) is 2.43. The van der Waals surface area contributed by atoms with E-state index in [0.29, 0.717) is 11.8 Å². The SMILES string of the molecule is CCNC1OC(CC)C(OC)C(C)C1C. The predicted molar refractivity (Wildman–Crippen MR) is 61.8 cm³/mol. The summed E-state index contributed by atoms with van der Waals surface area (Å²) in [6.07, 6.45) is 1.66. The standard InChI is InChI=1S/C12H25NO2/c1-6-10-11(14-5)8(3)9(4)12(15-10)13-7-2/h8-13H,6-7H2,1-5H3. The average molecular weight is 215 g/mol. The quantitative estimate of drug-likeness (QED) is 0.778. The molecule has 5 atom stereocenters. The van der Waals surface area contributed by atoms with Gasteiger partial charge in [-0.2, -0.15) is 0 Å². The second kappa shape index (κ2) is 5.83. The van der Waals surface area contributed by atoms with Gasteiger partial charge in [-0.15, -0.1) is 0 Å². The number of methoxy groups -OCH3 is 1. The molecule has 0 aromatic carbocycles. The number of rotatable bonds is 4. The van der Waals surface area contributed by atoms with Crippen LogP contribution in [0.3, 0.4) is 0 Å². The van der Waals surface area contributed by atoms with Crippen LogP contribution in [0.15, 0.2) is 0 Å². The van der Waals surface area contributed by atoms with Gasteiger partial charge >= 0.3 is 0 Å². The Labute approximate surface area is 93.5 Å². The van der Waals surface area contributed by atoms with Gasteiger partial charge in [0.1, 0.15) is 6.23 Å². The molecule has 0 aromatic rings. The van der Waals surface area contributed by atoms with Gasteiger partial charge < -0.3 is 9.47 Å². The van der Waals surface area contributed by atoms with Crippen molar-refractivity contribution in [2.45, 2.75) is 52.6 Å². The number of hydrogen-bond acceptors (Lipinski definition) is 3. The molecule has 1 N–H and O–H groups in total. The van der Waals surface area contributed by atoms with Crippen molar-refractivity contribution in [1.82, 2.24) is 5.32 Å². The van der Waals surface area contributed by atoms with E-state index in [1.807, 2.05) is 0 Å². The van der Waals surface area contributed by atoms with Crippen LogP contribution in [0, 0.1) is 11.8 Å². The fraction of sp³-hybridized carbons (Fsp3) is 1.00. The Morgan fingerprint density at radius 2 is 1.87 bits per heavy atom. The minimum Gasteiger partial charge on any atom is -0.378 e. The number of nitrogens with one attached hydrogen (secondary N) is 1. The molecule has 0 bridgehead atoms. The second-order valence-corrected chi connectivity index (χ2v) is 4.48. The van der Waals surface area contributed by atoms with Crippen LogP contribution in [0.1, 0.15) is 34.1 Å². The first-order chi connectivity index (χ1) is 7.15. The summed E-state index contributed by atoms with van der Waals surface area (Å²) in [4.78, 5) is 0. The van der Waals surface area contributed by atoms with Crippen LogP contribution in [0.4, 0.5) is 0 Å². The molecule has 1 rings (SSSR count). The molecule has 0 saturated carbocycles. The van der Waals surface area contributed by atoms with Crippen molar-refractivity contribution in [3.8, 4) is 0 Å². The van der Waals surface area contributed by atoms with Gasteiger partial charge in [-0.05, 0) is 18.9 Å². The summed E-state index contributed by atoms with van der Waals surface area (Å²) in [6, 6.07) is 0. The van der Waals surface area contributed by atoms with Crippen molar-refractivity contribution in [3.63, 3.8) is 0 Å². The second-order valence-electron chi connectivity index (χ2n) is 4.48. The molecule has 3 nitrogen and oxygen atoms in total. The van der Waals surface area contributed by atoms with Gasteiger partial charge in [0.25, 0.3) is 0 Å². The largest absolute Gasteiger partial charge is 0.378 e. The van der Waals surface area contributed by atoms with Crippen LogP contribution >= 0.6 is 0 Å². The van der Waals surface area contributed by atoms with Crippen molar-refractivity contribution in [2.75, 3.05) is 13.7 Å². The number of hydrogen-bond donors (Lipinski definition) is 1. The Balaban J connectivity index is 2.68. The van der Waals surface area contributed by atoms with Gasteiger partial charge in [0.05, 0.1) is 12.2 Å². The summed E-state index contributed by atoms with van der Waals surface area (Å²) >= 11 is 0. The Bertz CT molecular complexity index is 182. The highest BCUT2D eigenvalue weighted by Crippen LogP contribution is 2.32. The Hall–Kier alpha value is -0.120. The van der Waals surface area contributed by atoms with E-state index in [1.54, 1.807) is 7.11 Å². The molecule has 1 aliphatic heterocycles. The summed E-state index contributed by atoms with van der Waals surface area (Å²) in [5.74, 6) is 1.04. The lowest BCUT2D eigenvalue weighted by molar-refractivity contribution is -0.187. The van der Waals surface area contributed by atoms with Crippen molar-refractivity contribution in [3.05, 3.63) is 0 Å². The lowest BCUT2D eigenvalue weighted by Gasteiger charge is -2.44. The first kappa shape index (κ1) is 12.9. The van der Waals surface area contributed by atoms with E-state index in [2.05, 4.69) is 33.0 Å². The Morgan fingerprint density at radius 3 is 2.33 bits per heavy atom. The highest BCUT2D eigenvalue weighted by atomic mass is 16.6. The maximum Gasteiger partial charge on any atom is 0.111 e. The van der Waals surface area contributed by atoms with E-state index in [1.165, 1.54) is 0 Å². The minimum atomic E-state index is 0.182. The van der Waals surface area contributed by atoms with Crippen LogP contribution in [0.5, 0.6) is 0 Å². The van der Waals surface area contributed by atoms with E-state index >= 15 is 0 Å². The molecule has 1 heterocycles. The van der Waals surface area contributed by atoms with Gasteiger partial charge in [-0.1, -0.05) is 27.7 Å². The normalized spacial score (nSPS) is 41.8. The maximum absolute atomic E-state index is 6.03. The van der Waals surface area contributed by atoms with Crippen molar-refractivity contribution in [2.24, 2.45) is 11.8 Å². The summed E-state index contributed by atoms with van der Waals surface area (Å²) in [5.41, 5.74) is 0. The first-order valence-corrected chi connectivity index (χ1v) is 6.07. The van der Waals surface area contributed by atoms with Gasteiger partial charge in [0, 0.05) is 13.0 Å². The highest BCUT2D eigenvalue weighted by molar-refractivity contribution is 4.87. The topological polar surface area (TPSA) is 30.5 Å². The van der Waals surface area contributed by atoms with Gasteiger partial charge in [-0.3, -0.25) is 5.32 Å². The maximum atomic E-state index is 6.03. The van der Waals surface area contributed by atoms with E-state index in [-0.39, 0.29) is 18.4 Å². The number of ether oxygens (including phenoxy) is 2. The van der Waals surface area contributed by atoms with Crippen molar-refractivity contribution in [1.29, 1.82) is 0 Å². The molecule has 0 amide bonds. The monoisotopic (exact) mass is 215 g/mol. The smallest absolute Gasteiger partial charge is 0.111 e. The van der Waals surface area contributed by atoms with E-state index < -0.39 is 0 Å². The lowest BCUT2D eigenvalue weighted by Crippen LogP contribution is -2.54. The predicted octanol–water partition coefficient (Wildman–Crippen LogP) is 2.02. The summed E-state index contributed by atoms with van der Waals surface area (Å²) in [6.45, 7) is 9.71. The lowest BCUT2D eigenvalue weighted by atomic mass is 9.83. The van der Waals surface area contributed by atoms with Crippen LogP contribution in [-0.4, -0.2) is 32.1 Å². The molecular weight excluding hydrogens is 190 g/mol. The Morgan fingerprint density at radius 1 is 1.20 bits per heavy atom. The van der Waals surface area contributed by atoms with E-state index in [0.717, 1.165) is 13.0 Å². The van der Waals surface area contributed by atoms with E-state index in [9.17, 15) is 0 Å². The highest BCUT2D eigenvalue weighted by Gasteiger charge is 2.40. The Kier molecular flexibility index (Phi) is 5.03. The molecule has 0 spiro atoms. The molecule has 0 aromatic heterocycles. The first-order valence-electron chi connectivity index (χ1n) is 6.07. The summed E-state index contributed by atoms with van der Waals surface area (Å²) < 4.78 is 11.6. The van der Waals surface area contributed by atoms with Crippen molar-refractivity contribution < 1.29 is 9.47 Å². The third kappa shape index (κ3) is 2.71. The third-order valence-electron chi connectivity index (χ3n) is 3.59. The average Bonchev–Trinajstić information content (AvgIpc) is 2.24. The molecule has 0 aliphatic carbocycles. The zero-order chi connectivity index (χ0) is 11.4. The molecular formula is C12H25NO2. The van der Waals surface area contributed by atoms with Gasteiger partial charge in [0.2, 0.25) is 0 Å². The zero-order valence-corrected chi connectivity index (χ0v) is 10.6.